The number of piperidine rings is 1. The van der Waals surface area contributed by atoms with Crippen LogP contribution in [0.2, 0.25) is 0 Å². The lowest BCUT2D eigenvalue weighted by atomic mass is 9.77. The summed E-state index contributed by atoms with van der Waals surface area (Å²) in [6.07, 6.45) is 6.02. The standard InChI is InChI=1S/C21H24N4O3/c1-24(2)20-22-11-15-6-8-21(18(15)23-20)7-3-9-25(12-21)19(26)14-4-5-16-17(10-14)28-13-27-16/h4-5,10-11H,3,6-9,12-13H2,1-2H3. The van der Waals surface area contributed by atoms with Crippen molar-refractivity contribution in [1.82, 2.24) is 14.9 Å². The smallest absolute Gasteiger partial charge is 0.254 e. The van der Waals surface area contributed by atoms with Crippen LogP contribution in [0.25, 0.3) is 0 Å². The average Bonchev–Trinajstić information content (AvgIpc) is 3.32. The molecule has 1 atom stereocenters. The first kappa shape index (κ1) is 17.3. The van der Waals surface area contributed by atoms with Crippen molar-refractivity contribution >= 4 is 11.9 Å². The van der Waals surface area contributed by atoms with Gasteiger partial charge in [0.1, 0.15) is 0 Å². The van der Waals surface area contributed by atoms with Gasteiger partial charge in [-0.3, -0.25) is 4.79 Å². The highest BCUT2D eigenvalue weighted by atomic mass is 16.7. The number of likely N-dealkylation sites (tertiary alicyclic amines) is 1. The Morgan fingerprint density at radius 3 is 2.93 bits per heavy atom. The molecule has 7 heteroatoms. The van der Waals surface area contributed by atoms with Crippen molar-refractivity contribution in [2.24, 2.45) is 0 Å². The van der Waals surface area contributed by atoms with Crippen molar-refractivity contribution in [3.63, 3.8) is 0 Å². The number of amides is 1. The van der Waals surface area contributed by atoms with Crippen LogP contribution in [0, 0.1) is 0 Å². The lowest BCUT2D eigenvalue weighted by Crippen LogP contribution is -2.48. The lowest BCUT2D eigenvalue weighted by Gasteiger charge is -2.40. The van der Waals surface area contributed by atoms with Crippen molar-refractivity contribution in [1.29, 1.82) is 0 Å². The molecule has 1 saturated heterocycles. The number of aromatic nitrogens is 2. The molecule has 0 N–H and O–H groups in total. The number of hydrogen-bond acceptors (Lipinski definition) is 6. The Hall–Kier alpha value is -2.83. The van der Waals surface area contributed by atoms with Crippen molar-refractivity contribution in [3.8, 4) is 11.5 Å². The van der Waals surface area contributed by atoms with E-state index < -0.39 is 0 Å². The van der Waals surface area contributed by atoms with Crippen LogP contribution >= 0.6 is 0 Å². The van der Waals surface area contributed by atoms with Gasteiger partial charge in [0, 0.05) is 44.4 Å². The number of ether oxygens (including phenoxy) is 2. The quantitative estimate of drug-likeness (QED) is 0.797. The number of carbonyl (C=O) groups excluding carboxylic acids is 1. The van der Waals surface area contributed by atoms with Crippen molar-refractivity contribution in [3.05, 3.63) is 41.2 Å². The fourth-order valence-corrected chi connectivity index (χ4v) is 4.66. The third kappa shape index (κ3) is 2.68. The third-order valence-corrected chi connectivity index (χ3v) is 6.11. The van der Waals surface area contributed by atoms with E-state index >= 15 is 0 Å². The van der Waals surface area contributed by atoms with Gasteiger partial charge in [0.05, 0.1) is 5.69 Å². The fraction of sp³-hybridized carbons (Fsp3) is 0.476. The second kappa shape index (κ2) is 6.36. The zero-order valence-electron chi connectivity index (χ0n) is 16.3. The largest absolute Gasteiger partial charge is 0.454 e. The summed E-state index contributed by atoms with van der Waals surface area (Å²) in [5.41, 5.74) is 2.95. The fourth-order valence-electron chi connectivity index (χ4n) is 4.66. The van der Waals surface area contributed by atoms with Gasteiger partial charge in [0.2, 0.25) is 12.7 Å². The minimum Gasteiger partial charge on any atom is -0.454 e. The molecule has 2 aromatic rings. The van der Waals surface area contributed by atoms with E-state index in [4.69, 9.17) is 14.5 Å². The van der Waals surface area contributed by atoms with Crippen LogP contribution in [-0.4, -0.2) is 54.8 Å². The van der Waals surface area contributed by atoms with Crippen LogP contribution in [0.4, 0.5) is 5.95 Å². The third-order valence-electron chi connectivity index (χ3n) is 6.11. The summed E-state index contributed by atoms with van der Waals surface area (Å²) >= 11 is 0. The predicted molar refractivity (Wildman–Crippen MR) is 104 cm³/mol. The maximum absolute atomic E-state index is 13.2. The highest BCUT2D eigenvalue weighted by Crippen LogP contribution is 2.44. The Morgan fingerprint density at radius 2 is 2.07 bits per heavy atom. The van der Waals surface area contributed by atoms with Gasteiger partial charge < -0.3 is 19.3 Å². The van der Waals surface area contributed by atoms with E-state index in [-0.39, 0.29) is 18.1 Å². The van der Waals surface area contributed by atoms with Crippen LogP contribution in [0.3, 0.4) is 0 Å². The van der Waals surface area contributed by atoms with E-state index in [1.54, 1.807) is 6.07 Å². The molecule has 2 aliphatic heterocycles. The van der Waals surface area contributed by atoms with Gasteiger partial charge in [-0.05, 0) is 49.4 Å². The van der Waals surface area contributed by atoms with Gasteiger partial charge >= 0.3 is 0 Å². The topological polar surface area (TPSA) is 67.8 Å². The zero-order chi connectivity index (χ0) is 19.3. The molecule has 28 heavy (non-hydrogen) atoms. The molecule has 3 aliphatic rings. The molecule has 1 aromatic carbocycles. The Kier molecular flexibility index (Phi) is 3.92. The van der Waals surface area contributed by atoms with E-state index in [9.17, 15) is 4.79 Å². The molecule has 1 amide bonds. The van der Waals surface area contributed by atoms with Gasteiger partial charge in [0.25, 0.3) is 5.91 Å². The monoisotopic (exact) mass is 380 g/mol. The summed E-state index contributed by atoms with van der Waals surface area (Å²) in [4.78, 5) is 26.5. The second-order valence-corrected chi connectivity index (χ2v) is 8.12. The van der Waals surface area contributed by atoms with Gasteiger partial charge in [-0.15, -0.1) is 0 Å². The van der Waals surface area contributed by atoms with Crippen LogP contribution in [0.15, 0.2) is 24.4 Å². The first-order chi connectivity index (χ1) is 13.6. The highest BCUT2D eigenvalue weighted by Gasteiger charge is 2.45. The number of nitrogens with zero attached hydrogens (tertiary/aromatic N) is 4. The van der Waals surface area contributed by atoms with Crippen LogP contribution in [0.1, 0.15) is 40.9 Å². The summed E-state index contributed by atoms with van der Waals surface area (Å²) in [7, 11) is 3.92. The molecule has 1 aliphatic carbocycles. The average molecular weight is 380 g/mol. The maximum atomic E-state index is 13.2. The van der Waals surface area contributed by atoms with Gasteiger partial charge in [-0.25, -0.2) is 9.97 Å². The molecular weight excluding hydrogens is 356 g/mol. The van der Waals surface area contributed by atoms with Crippen LogP contribution < -0.4 is 14.4 Å². The zero-order valence-corrected chi connectivity index (χ0v) is 16.3. The molecule has 7 nitrogen and oxygen atoms in total. The van der Waals surface area contributed by atoms with Crippen LogP contribution in [-0.2, 0) is 11.8 Å². The van der Waals surface area contributed by atoms with E-state index in [0.717, 1.165) is 43.9 Å². The van der Waals surface area contributed by atoms with E-state index in [0.29, 0.717) is 23.6 Å². The Morgan fingerprint density at radius 1 is 1.21 bits per heavy atom. The minimum atomic E-state index is -0.0622. The number of carbonyl (C=O) groups is 1. The molecule has 1 fully saturated rings. The Bertz CT molecular complexity index is 941. The molecule has 0 radical (unpaired) electrons. The predicted octanol–water partition coefficient (Wildman–Crippen LogP) is 2.39. The first-order valence-corrected chi connectivity index (χ1v) is 9.78. The number of fused-ring (bicyclic) bond motifs is 3. The minimum absolute atomic E-state index is 0.0488. The summed E-state index contributed by atoms with van der Waals surface area (Å²) in [6.45, 7) is 1.69. The number of anilines is 1. The number of rotatable bonds is 2. The van der Waals surface area contributed by atoms with Gasteiger partial charge in [-0.1, -0.05) is 0 Å². The first-order valence-electron chi connectivity index (χ1n) is 9.78. The van der Waals surface area contributed by atoms with Crippen LogP contribution in [0.5, 0.6) is 11.5 Å². The number of hydrogen-bond donors (Lipinski definition) is 0. The van der Waals surface area contributed by atoms with Gasteiger partial charge in [0.15, 0.2) is 11.5 Å². The maximum Gasteiger partial charge on any atom is 0.254 e. The van der Waals surface area contributed by atoms with Crippen molar-refractivity contribution in [2.75, 3.05) is 38.9 Å². The molecule has 1 aromatic heterocycles. The molecule has 1 spiro atoms. The Balaban J connectivity index is 1.43. The molecular formula is C21H24N4O3. The summed E-state index contributed by atoms with van der Waals surface area (Å²) in [5, 5.41) is 0. The number of aryl methyl sites for hydroxylation is 1. The molecule has 146 valence electrons. The second-order valence-electron chi connectivity index (χ2n) is 8.12. The van der Waals surface area contributed by atoms with E-state index in [1.807, 2.05) is 42.2 Å². The van der Waals surface area contributed by atoms with Gasteiger partial charge in [-0.2, -0.15) is 0 Å². The van der Waals surface area contributed by atoms with Crippen molar-refractivity contribution < 1.29 is 14.3 Å². The highest BCUT2D eigenvalue weighted by molar-refractivity contribution is 5.95. The van der Waals surface area contributed by atoms with E-state index in [1.165, 1.54) is 5.56 Å². The molecule has 1 unspecified atom stereocenters. The molecule has 3 heterocycles. The Labute approximate surface area is 164 Å². The van der Waals surface area contributed by atoms with Crippen molar-refractivity contribution in [2.45, 2.75) is 31.1 Å². The lowest BCUT2D eigenvalue weighted by molar-refractivity contribution is 0.0633. The molecule has 0 bridgehead atoms. The summed E-state index contributed by atoms with van der Waals surface area (Å²) in [5.74, 6) is 2.13. The van der Waals surface area contributed by atoms with E-state index in [2.05, 4.69) is 4.98 Å². The summed E-state index contributed by atoms with van der Waals surface area (Å²) < 4.78 is 10.8. The molecule has 0 saturated carbocycles. The SMILES string of the molecule is CN(C)c1ncc2c(n1)C1(CCCN(C(=O)c3ccc4c(c3)OCO4)C1)CC2. The molecule has 5 rings (SSSR count). The normalized spacial score (nSPS) is 22.4. The summed E-state index contributed by atoms with van der Waals surface area (Å²) in [6, 6.07) is 5.43. The number of benzene rings is 1.